The number of aromatic nitrogens is 1. The maximum absolute atomic E-state index is 11.9. The first-order valence-corrected chi connectivity index (χ1v) is 7.44. The lowest BCUT2D eigenvalue weighted by molar-refractivity contribution is -0.125. The summed E-state index contributed by atoms with van der Waals surface area (Å²) in [5, 5.41) is 1.90. The molecule has 0 N–H and O–H groups in total. The number of benzene rings is 1. The van der Waals surface area contributed by atoms with Gasteiger partial charge < -0.3 is 4.90 Å². The molecule has 0 saturated carbocycles. The number of thiazole rings is 1. The number of amides is 1. The van der Waals surface area contributed by atoms with Gasteiger partial charge in [-0.15, -0.1) is 11.3 Å². The summed E-state index contributed by atoms with van der Waals surface area (Å²) in [6.07, 6.45) is 3.28. The highest BCUT2D eigenvalue weighted by atomic mass is 79.9. The van der Waals surface area contributed by atoms with Crippen molar-refractivity contribution in [2.24, 2.45) is 0 Å². The molecule has 1 aromatic heterocycles. The van der Waals surface area contributed by atoms with E-state index in [4.69, 9.17) is 0 Å². The van der Waals surface area contributed by atoms with Crippen LogP contribution in [0, 0.1) is 0 Å². The molecule has 0 radical (unpaired) electrons. The Hall–Kier alpha value is -1.46. The van der Waals surface area contributed by atoms with Gasteiger partial charge in [0.2, 0.25) is 5.91 Å². The molecular formula is C14H13BrN2OS. The zero-order chi connectivity index (χ0) is 13.7. The van der Waals surface area contributed by atoms with Crippen molar-refractivity contribution < 1.29 is 4.79 Å². The van der Waals surface area contributed by atoms with E-state index in [2.05, 4.69) is 20.9 Å². The highest BCUT2D eigenvalue weighted by Crippen LogP contribution is 2.12. The Balaban J connectivity index is 1.94. The Morgan fingerprint density at radius 1 is 1.42 bits per heavy atom. The Morgan fingerprint density at radius 2 is 2.16 bits per heavy atom. The van der Waals surface area contributed by atoms with E-state index in [0.717, 1.165) is 15.7 Å². The molecule has 5 heteroatoms. The van der Waals surface area contributed by atoms with E-state index >= 15 is 0 Å². The van der Waals surface area contributed by atoms with E-state index in [1.54, 1.807) is 29.6 Å². The molecule has 1 heterocycles. The lowest BCUT2D eigenvalue weighted by Crippen LogP contribution is -2.24. The van der Waals surface area contributed by atoms with Crippen molar-refractivity contribution in [3.05, 3.63) is 57.0 Å². The van der Waals surface area contributed by atoms with Gasteiger partial charge in [-0.2, -0.15) is 0 Å². The SMILES string of the molecule is CN(Cc1ccc(Br)cc1)C(=O)C=Cc1cscn1. The lowest BCUT2D eigenvalue weighted by Gasteiger charge is -2.15. The van der Waals surface area contributed by atoms with Crippen LogP contribution in [-0.4, -0.2) is 22.8 Å². The number of carbonyl (C=O) groups is 1. The molecule has 0 atom stereocenters. The normalized spacial score (nSPS) is 10.8. The third kappa shape index (κ3) is 4.29. The molecule has 2 rings (SSSR count). The topological polar surface area (TPSA) is 33.2 Å². The second kappa shape index (κ2) is 6.63. The van der Waals surface area contributed by atoms with Crippen LogP contribution in [-0.2, 0) is 11.3 Å². The van der Waals surface area contributed by atoms with Gasteiger partial charge in [0.25, 0.3) is 0 Å². The standard InChI is InChI=1S/C14H13BrN2OS/c1-17(8-11-2-4-12(15)5-3-11)14(18)7-6-13-9-19-10-16-13/h2-7,9-10H,8H2,1H3. The summed E-state index contributed by atoms with van der Waals surface area (Å²) in [6.45, 7) is 0.591. The first-order valence-electron chi connectivity index (χ1n) is 5.71. The smallest absolute Gasteiger partial charge is 0.246 e. The second-order valence-corrected chi connectivity index (χ2v) is 5.70. The highest BCUT2D eigenvalue weighted by molar-refractivity contribution is 9.10. The molecule has 0 spiro atoms. The van der Waals surface area contributed by atoms with Crippen LogP contribution in [0.4, 0.5) is 0 Å². The van der Waals surface area contributed by atoms with Crippen molar-refractivity contribution in [1.29, 1.82) is 0 Å². The van der Waals surface area contributed by atoms with Crippen molar-refractivity contribution in [2.45, 2.75) is 6.54 Å². The number of likely N-dealkylation sites (N-methyl/N-ethyl adjacent to an activating group) is 1. The fourth-order valence-corrected chi connectivity index (χ4v) is 2.32. The van der Waals surface area contributed by atoms with Crippen LogP contribution in [0.1, 0.15) is 11.3 Å². The van der Waals surface area contributed by atoms with E-state index in [1.807, 2.05) is 29.6 Å². The highest BCUT2D eigenvalue weighted by Gasteiger charge is 2.05. The molecule has 1 amide bonds. The number of carbonyl (C=O) groups excluding carboxylic acids is 1. The molecule has 0 aliphatic heterocycles. The minimum Gasteiger partial charge on any atom is -0.338 e. The molecule has 0 bridgehead atoms. The third-order valence-corrected chi connectivity index (χ3v) is 3.69. The monoisotopic (exact) mass is 336 g/mol. The van der Waals surface area contributed by atoms with E-state index in [0.29, 0.717) is 6.54 Å². The molecule has 0 fully saturated rings. The third-order valence-electron chi connectivity index (χ3n) is 2.56. The zero-order valence-electron chi connectivity index (χ0n) is 10.4. The van der Waals surface area contributed by atoms with Crippen molar-refractivity contribution in [2.75, 3.05) is 7.05 Å². The number of rotatable bonds is 4. The van der Waals surface area contributed by atoms with Crippen LogP contribution in [0.2, 0.25) is 0 Å². The molecule has 3 nitrogen and oxygen atoms in total. The molecule has 19 heavy (non-hydrogen) atoms. The molecule has 98 valence electrons. The minimum atomic E-state index is -0.0316. The van der Waals surface area contributed by atoms with Gasteiger partial charge in [0.1, 0.15) is 0 Å². The number of hydrogen-bond acceptors (Lipinski definition) is 3. The number of halogens is 1. The summed E-state index contributed by atoms with van der Waals surface area (Å²) in [5.41, 5.74) is 3.66. The van der Waals surface area contributed by atoms with Gasteiger partial charge in [-0.05, 0) is 23.8 Å². The summed E-state index contributed by atoms with van der Waals surface area (Å²) < 4.78 is 1.04. The van der Waals surface area contributed by atoms with Gasteiger partial charge in [0.15, 0.2) is 0 Å². The van der Waals surface area contributed by atoms with Crippen molar-refractivity contribution in [3.63, 3.8) is 0 Å². The molecule has 0 aliphatic carbocycles. The van der Waals surface area contributed by atoms with Gasteiger partial charge in [-0.1, -0.05) is 28.1 Å². The van der Waals surface area contributed by atoms with Crippen LogP contribution < -0.4 is 0 Å². The maximum Gasteiger partial charge on any atom is 0.246 e. The lowest BCUT2D eigenvalue weighted by atomic mass is 10.2. The minimum absolute atomic E-state index is 0.0316. The van der Waals surface area contributed by atoms with Crippen LogP contribution in [0.25, 0.3) is 6.08 Å². The van der Waals surface area contributed by atoms with E-state index in [9.17, 15) is 4.79 Å². The van der Waals surface area contributed by atoms with Crippen LogP contribution in [0.5, 0.6) is 0 Å². The first kappa shape index (κ1) is 14.0. The average Bonchev–Trinajstić information content (AvgIpc) is 2.91. The average molecular weight is 337 g/mol. The van der Waals surface area contributed by atoms with E-state index < -0.39 is 0 Å². The molecule has 2 aromatic rings. The van der Waals surface area contributed by atoms with Gasteiger partial charge in [0.05, 0.1) is 11.2 Å². The number of hydrogen-bond donors (Lipinski definition) is 0. The van der Waals surface area contributed by atoms with Gasteiger partial charge in [-0.3, -0.25) is 4.79 Å². The van der Waals surface area contributed by atoms with Crippen molar-refractivity contribution in [1.82, 2.24) is 9.88 Å². The van der Waals surface area contributed by atoms with Gasteiger partial charge >= 0.3 is 0 Å². The van der Waals surface area contributed by atoms with E-state index in [-0.39, 0.29) is 5.91 Å². The zero-order valence-corrected chi connectivity index (χ0v) is 12.8. The Morgan fingerprint density at radius 3 is 2.79 bits per heavy atom. The summed E-state index contributed by atoms with van der Waals surface area (Å²) >= 11 is 4.90. The van der Waals surface area contributed by atoms with Crippen LogP contribution >= 0.6 is 27.3 Å². The molecule has 0 unspecified atom stereocenters. The Bertz CT molecular complexity index is 564. The summed E-state index contributed by atoms with van der Waals surface area (Å²) in [7, 11) is 1.79. The van der Waals surface area contributed by atoms with Crippen molar-refractivity contribution in [3.8, 4) is 0 Å². The predicted octanol–water partition coefficient (Wildman–Crippen LogP) is 3.58. The molecular weight excluding hydrogens is 324 g/mol. The Labute approximate surface area is 124 Å². The first-order chi connectivity index (χ1) is 9.15. The largest absolute Gasteiger partial charge is 0.338 e. The second-order valence-electron chi connectivity index (χ2n) is 4.07. The molecule has 1 aromatic carbocycles. The molecule has 0 aliphatic rings. The number of nitrogens with zero attached hydrogens (tertiary/aromatic N) is 2. The fourth-order valence-electron chi connectivity index (χ4n) is 1.53. The van der Waals surface area contributed by atoms with E-state index in [1.165, 1.54) is 11.3 Å². The maximum atomic E-state index is 11.9. The summed E-state index contributed by atoms with van der Waals surface area (Å²) in [5.74, 6) is -0.0316. The molecule has 0 saturated heterocycles. The summed E-state index contributed by atoms with van der Waals surface area (Å²) in [4.78, 5) is 17.7. The van der Waals surface area contributed by atoms with Crippen LogP contribution in [0.15, 0.2) is 45.7 Å². The quantitative estimate of drug-likeness (QED) is 0.799. The fraction of sp³-hybridized carbons (Fsp3) is 0.143. The van der Waals surface area contributed by atoms with Gasteiger partial charge in [0, 0.05) is 29.5 Å². The van der Waals surface area contributed by atoms with Crippen LogP contribution in [0.3, 0.4) is 0 Å². The Kier molecular flexibility index (Phi) is 4.87. The summed E-state index contributed by atoms with van der Waals surface area (Å²) in [6, 6.07) is 7.94. The predicted molar refractivity (Wildman–Crippen MR) is 81.8 cm³/mol. The van der Waals surface area contributed by atoms with Crippen molar-refractivity contribution >= 4 is 39.2 Å². The van der Waals surface area contributed by atoms with Gasteiger partial charge in [-0.25, -0.2) is 4.98 Å².